The molecule has 0 spiro atoms. The summed E-state index contributed by atoms with van der Waals surface area (Å²) in [7, 11) is 0. The molecule has 1 heterocycles. The summed E-state index contributed by atoms with van der Waals surface area (Å²) in [6, 6.07) is 29.0. The van der Waals surface area contributed by atoms with Gasteiger partial charge in [-0.25, -0.2) is 15.0 Å². The van der Waals surface area contributed by atoms with Gasteiger partial charge >= 0.3 is 0 Å². The van der Waals surface area contributed by atoms with E-state index >= 15 is 0 Å². The molecule has 0 atom stereocenters. The summed E-state index contributed by atoms with van der Waals surface area (Å²) in [6.45, 7) is 0. The van der Waals surface area contributed by atoms with Gasteiger partial charge in [-0.2, -0.15) is 0 Å². The van der Waals surface area contributed by atoms with Crippen LogP contribution >= 0.6 is 11.6 Å². The van der Waals surface area contributed by atoms with Gasteiger partial charge < -0.3 is 0 Å². The van der Waals surface area contributed by atoms with Crippen LogP contribution in [0.15, 0.2) is 109 Å². The first-order valence-corrected chi connectivity index (χ1v) is 10.9. The Morgan fingerprint density at radius 2 is 1.27 bits per heavy atom. The second-order valence-corrected chi connectivity index (χ2v) is 8.02. The smallest absolute Gasteiger partial charge is 0.164 e. The van der Waals surface area contributed by atoms with E-state index in [0.29, 0.717) is 11.6 Å². The second kappa shape index (κ2) is 8.12. The first kappa shape index (κ1) is 16.5. The average molecular weight is 447 g/mol. The molecular formula is C29H18ClN3. The van der Waals surface area contributed by atoms with E-state index in [0.717, 1.165) is 32.7 Å². The van der Waals surface area contributed by atoms with E-state index in [1.807, 2.05) is 84.9 Å². The molecule has 6 rings (SSSR count). The highest BCUT2D eigenvalue weighted by atomic mass is 35.5. The predicted molar refractivity (Wildman–Crippen MR) is 136 cm³/mol. The Balaban J connectivity index is 1.65. The van der Waals surface area contributed by atoms with Crippen molar-refractivity contribution in [3.8, 4) is 34.2 Å². The van der Waals surface area contributed by atoms with Gasteiger partial charge in [0.2, 0.25) is 0 Å². The first-order chi connectivity index (χ1) is 17.5. The van der Waals surface area contributed by atoms with E-state index in [4.69, 9.17) is 30.7 Å². The first-order valence-electron chi connectivity index (χ1n) is 12.0. The highest BCUT2D eigenvalue weighted by molar-refractivity contribution is 6.30. The van der Waals surface area contributed by atoms with Crippen molar-refractivity contribution in [2.45, 2.75) is 0 Å². The third kappa shape index (κ3) is 3.73. The van der Waals surface area contributed by atoms with E-state index in [1.54, 1.807) is 0 Å². The predicted octanol–water partition coefficient (Wildman–Crippen LogP) is 7.83. The Labute approximate surface area is 200 Å². The average Bonchev–Trinajstić information content (AvgIpc) is 2.91. The summed E-state index contributed by atoms with van der Waals surface area (Å²) in [4.78, 5) is 14.3. The van der Waals surface area contributed by atoms with Gasteiger partial charge in [0.25, 0.3) is 0 Å². The van der Waals surface area contributed by atoms with Crippen molar-refractivity contribution >= 4 is 33.1 Å². The number of fused-ring (bicyclic) bond motifs is 2. The molecule has 0 fully saturated rings. The maximum absolute atomic E-state index is 8.53. The van der Waals surface area contributed by atoms with Crippen LogP contribution in [0, 0.1) is 0 Å². The van der Waals surface area contributed by atoms with Crippen LogP contribution in [-0.2, 0) is 0 Å². The molecule has 3 nitrogen and oxygen atoms in total. The molecule has 0 amide bonds. The van der Waals surface area contributed by atoms with Crippen molar-refractivity contribution in [2.24, 2.45) is 0 Å². The molecule has 0 aliphatic rings. The fourth-order valence-corrected chi connectivity index (χ4v) is 4.11. The number of aromatic nitrogens is 3. The Morgan fingerprint density at radius 1 is 0.576 bits per heavy atom. The maximum Gasteiger partial charge on any atom is 0.164 e. The monoisotopic (exact) mass is 446 g/mol. The molecule has 0 aliphatic heterocycles. The molecule has 33 heavy (non-hydrogen) atoms. The number of hydrogen-bond donors (Lipinski definition) is 0. The Kier molecular flexibility index (Phi) is 4.07. The molecule has 0 radical (unpaired) electrons. The number of nitrogens with zero attached hydrogens (tertiary/aromatic N) is 3. The van der Waals surface area contributed by atoms with Crippen LogP contribution in [0.1, 0.15) is 4.11 Å². The SMILES string of the molecule is [2H]c1cc([2H])c(-c2nc(-c3ccc4ccccc4c3)nc(-c3cccc4ccccc34)n2)c([2H])c1Cl. The van der Waals surface area contributed by atoms with Gasteiger partial charge in [0.1, 0.15) is 0 Å². The van der Waals surface area contributed by atoms with Gasteiger partial charge in [0.05, 0.1) is 4.11 Å². The number of rotatable bonds is 3. The summed E-state index contributed by atoms with van der Waals surface area (Å²) in [6.07, 6.45) is 0. The van der Waals surface area contributed by atoms with Gasteiger partial charge in [0, 0.05) is 21.7 Å². The van der Waals surface area contributed by atoms with Gasteiger partial charge in [-0.05, 0) is 39.7 Å². The van der Waals surface area contributed by atoms with Crippen molar-refractivity contribution in [3.63, 3.8) is 0 Å². The molecular weight excluding hydrogens is 426 g/mol. The van der Waals surface area contributed by atoms with Crippen LogP contribution in [0.2, 0.25) is 5.02 Å². The van der Waals surface area contributed by atoms with Crippen molar-refractivity contribution in [1.82, 2.24) is 15.0 Å². The second-order valence-electron chi connectivity index (χ2n) is 7.64. The molecule has 1 aromatic heterocycles. The number of hydrogen-bond acceptors (Lipinski definition) is 3. The minimum atomic E-state index is -0.145. The van der Waals surface area contributed by atoms with Crippen LogP contribution in [0.5, 0.6) is 0 Å². The lowest BCUT2D eigenvalue weighted by molar-refractivity contribution is 1.08. The third-order valence-electron chi connectivity index (χ3n) is 5.55. The van der Waals surface area contributed by atoms with E-state index in [1.165, 1.54) is 6.07 Å². The van der Waals surface area contributed by atoms with Crippen molar-refractivity contribution in [3.05, 3.63) is 114 Å². The summed E-state index contributed by atoms with van der Waals surface area (Å²) < 4.78 is 25.0. The van der Waals surface area contributed by atoms with Crippen LogP contribution < -0.4 is 0 Å². The fourth-order valence-electron chi connectivity index (χ4n) is 3.96. The maximum atomic E-state index is 8.53. The van der Waals surface area contributed by atoms with E-state index in [9.17, 15) is 0 Å². The molecule has 0 saturated heterocycles. The summed E-state index contributed by atoms with van der Waals surface area (Å²) in [5.74, 6) is 1.04. The van der Waals surface area contributed by atoms with Gasteiger partial charge in [-0.3, -0.25) is 0 Å². The number of halogens is 1. The van der Waals surface area contributed by atoms with Crippen LogP contribution in [-0.4, -0.2) is 15.0 Å². The zero-order valence-electron chi connectivity index (χ0n) is 20.4. The Bertz CT molecular complexity index is 1800. The Morgan fingerprint density at radius 3 is 2.15 bits per heavy atom. The zero-order valence-corrected chi connectivity index (χ0v) is 18.1. The molecule has 156 valence electrons. The van der Waals surface area contributed by atoms with Crippen molar-refractivity contribution in [1.29, 1.82) is 0 Å². The lowest BCUT2D eigenvalue weighted by Crippen LogP contribution is -2.00. The summed E-state index contributed by atoms with van der Waals surface area (Å²) in [5, 5.41) is 4.14. The highest BCUT2D eigenvalue weighted by Crippen LogP contribution is 2.31. The fraction of sp³-hybridized carbons (Fsp3) is 0. The Hall–Kier alpha value is -4.08. The van der Waals surface area contributed by atoms with Gasteiger partial charge in [0.15, 0.2) is 17.5 Å². The lowest BCUT2D eigenvalue weighted by Gasteiger charge is -2.11. The standard InChI is InChI=1S/C29H18ClN3/c30-24-12-5-11-22(18-24)27-31-28(23-16-15-19-7-1-2-9-21(19)17-23)33-29(32-27)26-14-6-10-20-8-3-4-13-25(20)26/h1-18H/i11D,12D,18D. The molecule has 0 bridgehead atoms. The summed E-state index contributed by atoms with van der Waals surface area (Å²) in [5.41, 5.74) is 1.78. The van der Waals surface area contributed by atoms with Gasteiger partial charge in [-0.1, -0.05) is 103 Å². The topological polar surface area (TPSA) is 38.7 Å². The minimum absolute atomic E-state index is 0.0334. The van der Waals surface area contributed by atoms with E-state index in [-0.39, 0.29) is 34.5 Å². The van der Waals surface area contributed by atoms with Crippen LogP contribution in [0.4, 0.5) is 0 Å². The zero-order chi connectivity index (χ0) is 24.8. The highest BCUT2D eigenvalue weighted by Gasteiger charge is 2.14. The molecule has 0 aliphatic carbocycles. The molecule has 5 aromatic carbocycles. The minimum Gasteiger partial charge on any atom is -0.208 e. The third-order valence-corrected chi connectivity index (χ3v) is 5.75. The van der Waals surface area contributed by atoms with Crippen molar-refractivity contribution in [2.75, 3.05) is 0 Å². The molecule has 4 heteroatoms. The number of benzene rings is 5. The van der Waals surface area contributed by atoms with Crippen molar-refractivity contribution < 1.29 is 4.11 Å². The molecule has 0 unspecified atom stereocenters. The molecule has 0 N–H and O–H groups in total. The van der Waals surface area contributed by atoms with E-state index in [2.05, 4.69) is 0 Å². The van der Waals surface area contributed by atoms with Gasteiger partial charge in [-0.15, -0.1) is 0 Å². The largest absolute Gasteiger partial charge is 0.208 e. The molecule has 0 saturated carbocycles. The lowest BCUT2D eigenvalue weighted by atomic mass is 10.0. The summed E-state index contributed by atoms with van der Waals surface area (Å²) >= 11 is 6.23. The quantitative estimate of drug-likeness (QED) is 0.278. The normalized spacial score (nSPS) is 12.5. The van der Waals surface area contributed by atoms with Crippen LogP contribution in [0.3, 0.4) is 0 Å². The molecule has 6 aromatic rings. The van der Waals surface area contributed by atoms with Crippen LogP contribution in [0.25, 0.3) is 55.7 Å². The van der Waals surface area contributed by atoms with E-state index < -0.39 is 0 Å².